The lowest BCUT2D eigenvalue weighted by molar-refractivity contribution is 0.102. The molecular formula is C23H22FN5O3. The van der Waals surface area contributed by atoms with Gasteiger partial charge in [-0.1, -0.05) is 23.4 Å². The van der Waals surface area contributed by atoms with Crippen LogP contribution in [0.1, 0.15) is 34.8 Å². The van der Waals surface area contributed by atoms with Crippen LogP contribution in [0, 0.1) is 5.82 Å². The van der Waals surface area contributed by atoms with Crippen LogP contribution in [-0.4, -0.2) is 25.9 Å². The molecule has 0 saturated carbocycles. The van der Waals surface area contributed by atoms with Crippen molar-refractivity contribution < 1.29 is 18.3 Å². The highest BCUT2D eigenvalue weighted by molar-refractivity contribution is 6.02. The second kappa shape index (κ2) is 10.3. The second-order valence-electron chi connectivity index (χ2n) is 7.15. The maximum absolute atomic E-state index is 13.2. The van der Waals surface area contributed by atoms with E-state index in [0.717, 1.165) is 25.8 Å². The lowest BCUT2D eigenvalue weighted by Gasteiger charge is -2.06. The van der Waals surface area contributed by atoms with Gasteiger partial charge in [-0.3, -0.25) is 9.48 Å². The fourth-order valence-corrected chi connectivity index (χ4v) is 3.10. The number of amides is 1. The van der Waals surface area contributed by atoms with Gasteiger partial charge in [-0.15, -0.1) is 5.10 Å². The first-order valence-corrected chi connectivity index (χ1v) is 10.2. The predicted octanol–water partition coefficient (Wildman–Crippen LogP) is 4.26. The van der Waals surface area contributed by atoms with Crippen LogP contribution in [0.25, 0.3) is 0 Å². The van der Waals surface area contributed by atoms with E-state index < -0.39 is 11.7 Å². The number of carbonyl (C=O) groups is 1. The molecule has 164 valence electrons. The van der Waals surface area contributed by atoms with Gasteiger partial charge >= 0.3 is 0 Å². The number of ether oxygens (including phenoxy) is 1. The van der Waals surface area contributed by atoms with Gasteiger partial charge in [-0.25, -0.2) is 9.37 Å². The summed E-state index contributed by atoms with van der Waals surface area (Å²) in [5, 5.41) is 10.3. The summed E-state index contributed by atoms with van der Waals surface area (Å²) in [6, 6.07) is 13.5. The first kappa shape index (κ1) is 21.2. The van der Waals surface area contributed by atoms with Crippen molar-refractivity contribution >= 4 is 11.6 Å². The van der Waals surface area contributed by atoms with Crippen molar-refractivity contribution in [3.8, 4) is 5.75 Å². The number of aromatic nitrogens is 4. The molecule has 0 bridgehead atoms. The molecule has 32 heavy (non-hydrogen) atoms. The van der Waals surface area contributed by atoms with Crippen molar-refractivity contribution in [3.05, 3.63) is 90.2 Å². The summed E-state index contributed by atoms with van der Waals surface area (Å²) in [7, 11) is 0. The number of halogens is 1. The number of carbonyl (C=O) groups excluding carboxylic acids is 1. The van der Waals surface area contributed by atoms with Gasteiger partial charge in [0.05, 0.1) is 6.20 Å². The number of unbranched alkanes of at least 4 members (excludes halogenated alkanes) is 1. The number of hydrogen-bond donors (Lipinski definition) is 1. The van der Waals surface area contributed by atoms with Gasteiger partial charge in [-0.2, -0.15) is 0 Å². The van der Waals surface area contributed by atoms with E-state index in [1.165, 1.54) is 30.0 Å². The first-order chi connectivity index (χ1) is 15.7. The zero-order chi connectivity index (χ0) is 22.2. The molecule has 2 aromatic carbocycles. The monoisotopic (exact) mass is 435 g/mol. The number of rotatable bonds is 10. The van der Waals surface area contributed by atoms with Gasteiger partial charge < -0.3 is 14.5 Å². The second-order valence-corrected chi connectivity index (χ2v) is 7.15. The van der Waals surface area contributed by atoms with Crippen LogP contribution in [0.5, 0.6) is 5.75 Å². The van der Waals surface area contributed by atoms with Crippen molar-refractivity contribution in [2.45, 2.75) is 32.4 Å². The van der Waals surface area contributed by atoms with Crippen molar-refractivity contribution in [1.82, 2.24) is 20.0 Å². The minimum atomic E-state index is -0.487. The summed E-state index contributed by atoms with van der Waals surface area (Å²) in [5.41, 5.74) is 1.66. The largest absolute Gasteiger partial charge is 0.484 e. The Balaban J connectivity index is 1.21. The SMILES string of the molecule is O=C(Nc1cccc(F)c1)c1coc(COc2ccc(CCCCn3ccnn3)cc2)n1. The molecule has 0 aliphatic heterocycles. The Bertz CT molecular complexity index is 1140. The van der Waals surface area contributed by atoms with E-state index in [1.807, 2.05) is 35.1 Å². The van der Waals surface area contributed by atoms with E-state index in [2.05, 4.69) is 20.6 Å². The van der Waals surface area contributed by atoms with Crippen molar-refractivity contribution in [2.24, 2.45) is 0 Å². The molecule has 8 nitrogen and oxygen atoms in total. The van der Waals surface area contributed by atoms with E-state index in [4.69, 9.17) is 9.15 Å². The number of benzene rings is 2. The molecule has 0 atom stereocenters. The zero-order valence-corrected chi connectivity index (χ0v) is 17.3. The van der Waals surface area contributed by atoms with Gasteiger partial charge in [0.15, 0.2) is 12.3 Å². The standard InChI is InChI=1S/C23H22FN5O3/c24-18-5-3-6-19(14-18)26-23(30)21-15-32-22(27-21)16-31-20-9-7-17(8-10-20)4-1-2-12-29-13-11-25-28-29/h3,5-11,13-15H,1-2,4,12,16H2,(H,26,30). The normalized spacial score (nSPS) is 10.8. The molecule has 0 radical (unpaired) electrons. The Morgan fingerprint density at radius 2 is 2.03 bits per heavy atom. The number of oxazole rings is 1. The van der Waals surface area contributed by atoms with Crippen LogP contribution < -0.4 is 10.1 Å². The lowest BCUT2D eigenvalue weighted by Crippen LogP contribution is -2.12. The Labute approximate surface area is 184 Å². The summed E-state index contributed by atoms with van der Waals surface area (Å²) < 4.78 is 26.1. The third-order valence-electron chi connectivity index (χ3n) is 4.73. The quantitative estimate of drug-likeness (QED) is 0.374. The maximum atomic E-state index is 13.2. The predicted molar refractivity (Wildman–Crippen MR) is 115 cm³/mol. The van der Waals surface area contributed by atoms with Crippen LogP contribution in [0.15, 0.2) is 71.6 Å². The molecule has 0 spiro atoms. The summed E-state index contributed by atoms with van der Waals surface area (Å²) in [6.07, 6.45) is 7.84. The molecule has 2 heterocycles. The molecule has 9 heteroatoms. The number of aryl methyl sites for hydroxylation is 2. The van der Waals surface area contributed by atoms with Gasteiger partial charge in [0, 0.05) is 18.4 Å². The number of nitrogens with zero attached hydrogens (tertiary/aromatic N) is 4. The molecule has 1 N–H and O–H groups in total. The summed E-state index contributed by atoms with van der Waals surface area (Å²) >= 11 is 0. The number of anilines is 1. The molecule has 0 fully saturated rings. The molecule has 4 aromatic rings. The molecule has 0 aliphatic rings. The number of hydrogen-bond acceptors (Lipinski definition) is 6. The average molecular weight is 435 g/mol. The topological polar surface area (TPSA) is 95.1 Å². The Hall–Kier alpha value is -4.01. The fourth-order valence-electron chi connectivity index (χ4n) is 3.10. The molecule has 1 amide bonds. The smallest absolute Gasteiger partial charge is 0.277 e. The van der Waals surface area contributed by atoms with E-state index in [1.54, 1.807) is 12.3 Å². The van der Waals surface area contributed by atoms with E-state index >= 15 is 0 Å². The van der Waals surface area contributed by atoms with Gasteiger partial charge in [0.1, 0.15) is 17.8 Å². The Morgan fingerprint density at radius 1 is 1.16 bits per heavy atom. The summed E-state index contributed by atoms with van der Waals surface area (Å²) in [6.45, 7) is 0.948. The lowest BCUT2D eigenvalue weighted by atomic mass is 10.1. The minimum Gasteiger partial charge on any atom is -0.484 e. The van der Waals surface area contributed by atoms with E-state index in [9.17, 15) is 9.18 Å². The highest BCUT2D eigenvalue weighted by Gasteiger charge is 2.13. The summed E-state index contributed by atoms with van der Waals surface area (Å²) in [5.74, 6) is 0.0283. The fraction of sp³-hybridized carbons (Fsp3) is 0.217. The third kappa shape index (κ3) is 6.00. The average Bonchev–Trinajstić information content (AvgIpc) is 3.48. The van der Waals surface area contributed by atoms with Crippen LogP contribution >= 0.6 is 0 Å². The Morgan fingerprint density at radius 3 is 2.81 bits per heavy atom. The molecule has 0 aliphatic carbocycles. The molecular weight excluding hydrogens is 413 g/mol. The highest BCUT2D eigenvalue weighted by Crippen LogP contribution is 2.16. The van der Waals surface area contributed by atoms with Gasteiger partial charge in [0.25, 0.3) is 5.91 Å². The van der Waals surface area contributed by atoms with Crippen LogP contribution in [0.2, 0.25) is 0 Å². The van der Waals surface area contributed by atoms with Crippen molar-refractivity contribution in [2.75, 3.05) is 5.32 Å². The van der Waals surface area contributed by atoms with Gasteiger partial charge in [-0.05, 0) is 55.2 Å². The molecule has 0 saturated heterocycles. The van der Waals surface area contributed by atoms with Crippen molar-refractivity contribution in [1.29, 1.82) is 0 Å². The van der Waals surface area contributed by atoms with Crippen LogP contribution in [0.3, 0.4) is 0 Å². The third-order valence-corrected chi connectivity index (χ3v) is 4.73. The molecule has 2 aromatic heterocycles. The first-order valence-electron chi connectivity index (χ1n) is 10.2. The molecule has 4 rings (SSSR count). The summed E-state index contributed by atoms with van der Waals surface area (Å²) in [4.78, 5) is 16.3. The molecule has 0 unspecified atom stereocenters. The maximum Gasteiger partial charge on any atom is 0.277 e. The van der Waals surface area contributed by atoms with Crippen molar-refractivity contribution in [3.63, 3.8) is 0 Å². The van der Waals surface area contributed by atoms with Crippen LogP contribution in [0.4, 0.5) is 10.1 Å². The zero-order valence-electron chi connectivity index (χ0n) is 17.3. The van der Waals surface area contributed by atoms with E-state index in [0.29, 0.717) is 11.4 Å². The minimum absolute atomic E-state index is 0.0878. The number of nitrogens with one attached hydrogen (secondary N) is 1. The highest BCUT2D eigenvalue weighted by atomic mass is 19.1. The van der Waals surface area contributed by atoms with Crippen LogP contribution in [-0.2, 0) is 19.6 Å². The van der Waals surface area contributed by atoms with Gasteiger partial charge in [0.2, 0.25) is 5.89 Å². The Kier molecular flexibility index (Phi) is 6.86. The van der Waals surface area contributed by atoms with E-state index in [-0.39, 0.29) is 18.2 Å².